The normalized spacial score (nSPS) is 13.7. The van der Waals surface area contributed by atoms with E-state index >= 15 is 0 Å². The lowest BCUT2D eigenvalue weighted by Crippen LogP contribution is -2.30. The van der Waals surface area contributed by atoms with Crippen LogP contribution in [0.5, 0.6) is 0 Å². The maximum atomic E-state index is 6.34. The molecule has 4 aromatic rings. The summed E-state index contributed by atoms with van der Waals surface area (Å²) in [6, 6.07) is 17.3. The van der Waals surface area contributed by atoms with Crippen molar-refractivity contribution in [1.29, 1.82) is 0 Å². The molecule has 1 aliphatic carbocycles. The number of hydrogen-bond acceptors (Lipinski definition) is 4. The monoisotopic (exact) mass is 406 g/mol. The number of benzene rings is 3. The summed E-state index contributed by atoms with van der Waals surface area (Å²) in [4.78, 5) is 9.68. The topological polar surface area (TPSA) is 77.8 Å². The molecule has 0 fully saturated rings. The minimum Gasteiger partial charge on any atom is -0.398 e. The van der Waals surface area contributed by atoms with Crippen LogP contribution in [0.4, 0.5) is 11.4 Å². The van der Waals surface area contributed by atoms with Gasteiger partial charge in [-0.15, -0.1) is 0 Å². The second kappa shape index (κ2) is 6.67. The molecule has 4 nitrogen and oxygen atoms in total. The summed E-state index contributed by atoms with van der Waals surface area (Å²) in [5.41, 5.74) is 24.5. The van der Waals surface area contributed by atoms with Crippen LogP contribution in [0.15, 0.2) is 60.9 Å². The lowest BCUT2D eigenvalue weighted by molar-refractivity contribution is 0.731. The number of fused-ring (bicyclic) bond motifs is 3. The van der Waals surface area contributed by atoms with Crippen LogP contribution < -0.4 is 11.5 Å². The fourth-order valence-corrected chi connectivity index (χ4v) is 5.09. The van der Waals surface area contributed by atoms with Crippen LogP contribution >= 0.6 is 0 Å². The molecule has 1 aromatic heterocycles. The van der Waals surface area contributed by atoms with Crippen LogP contribution in [-0.4, -0.2) is 9.97 Å². The Bertz CT molecular complexity index is 1200. The molecule has 0 bridgehead atoms. The first kappa shape index (κ1) is 19.3. The van der Waals surface area contributed by atoms with Crippen LogP contribution in [0.1, 0.15) is 44.6 Å². The molecule has 0 aliphatic heterocycles. The molecule has 0 unspecified atom stereocenters. The zero-order chi connectivity index (χ0) is 21.9. The molecule has 3 aromatic carbocycles. The average molecular weight is 407 g/mol. The molecular weight excluding hydrogens is 380 g/mol. The van der Waals surface area contributed by atoms with E-state index in [2.05, 4.69) is 76.2 Å². The smallest absolute Gasteiger partial charge is 0.0937 e. The van der Waals surface area contributed by atoms with Crippen LogP contribution in [-0.2, 0) is 5.41 Å². The minimum atomic E-state index is -0.591. The van der Waals surface area contributed by atoms with E-state index in [0.29, 0.717) is 0 Å². The fourth-order valence-electron chi connectivity index (χ4n) is 5.09. The Kier molecular flexibility index (Phi) is 4.16. The van der Waals surface area contributed by atoms with E-state index in [1.807, 2.05) is 0 Å². The van der Waals surface area contributed by atoms with Gasteiger partial charge in [-0.3, -0.25) is 9.97 Å². The van der Waals surface area contributed by atoms with E-state index in [-0.39, 0.29) is 0 Å². The van der Waals surface area contributed by atoms with Crippen molar-refractivity contribution in [2.75, 3.05) is 11.5 Å². The second-order valence-electron chi connectivity index (χ2n) is 8.60. The zero-order valence-corrected chi connectivity index (χ0v) is 18.3. The van der Waals surface area contributed by atoms with Crippen molar-refractivity contribution < 1.29 is 0 Å². The third-order valence-corrected chi connectivity index (χ3v) is 6.69. The Labute approximate surface area is 183 Å². The first-order chi connectivity index (χ1) is 14.9. The highest BCUT2D eigenvalue weighted by Gasteiger charge is 2.48. The number of rotatable bonds is 2. The van der Waals surface area contributed by atoms with Gasteiger partial charge in [0.2, 0.25) is 0 Å². The van der Waals surface area contributed by atoms with Crippen molar-refractivity contribution in [3.8, 4) is 11.3 Å². The van der Waals surface area contributed by atoms with Crippen molar-refractivity contribution in [1.82, 2.24) is 9.97 Å². The predicted octanol–water partition coefficient (Wildman–Crippen LogP) is 5.24. The van der Waals surface area contributed by atoms with Crippen LogP contribution in [0.2, 0.25) is 0 Å². The Balaban J connectivity index is 2.00. The molecule has 0 amide bonds. The molecule has 0 atom stereocenters. The lowest BCUT2D eigenvalue weighted by Gasteiger charge is -2.34. The van der Waals surface area contributed by atoms with Gasteiger partial charge in [-0.2, -0.15) is 0 Å². The Morgan fingerprint density at radius 1 is 0.677 bits per heavy atom. The zero-order valence-electron chi connectivity index (χ0n) is 18.3. The summed E-state index contributed by atoms with van der Waals surface area (Å²) in [5.74, 6) is 0. The third-order valence-electron chi connectivity index (χ3n) is 6.69. The molecule has 4 heteroatoms. The van der Waals surface area contributed by atoms with Crippen molar-refractivity contribution in [3.05, 3.63) is 106 Å². The van der Waals surface area contributed by atoms with E-state index in [4.69, 9.17) is 21.4 Å². The molecule has 31 heavy (non-hydrogen) atoms. The summed E-state index contributed by atoms with van der Waals surface area (Å²) in [6.45, 7) is 8.27. The lowest BCUT2D eigenvalue weighted by atomic mass is 9.68. The van der Waals surface area contributed by atoms with Gasteiger partial charge in [-0.25, -0.2) is 0 Å². The van der Waals surface area contributed by atoms with Crippen molar-refractivity contribution >= 4 is 11.4 Å². The third kappa shape index (κ3) is 2.54. The molecule has 1 heterocycles. The number of nitrogens with two attached hydrogens (primary N) is 2. The highest BCUT2D eigenvalue weighted by atomic mass is 14.8. The quantitative estimate of drug-likeness (QED) is 0.393. The number of aryl methyl sites for hydroxylation is 4. The van der Waals surface area contributed by atoms with Gasteiger partial charge < -0.3 is 11.5 Å². The largest absolute Gasteiger partial charge is 0.398 e. The maximum absolute atomic E-state index is 6.34. The second-order valence-corrected chi connectivity index (χ2v) is 8.60. The first-order valence-corrected chi connectivity index (χ1v) is 10.5. The van der Waals surface area contributed by atoms with E-state index < -0.39 is 5.41 Å². The maximum Gasteiger partial charge on any atom is 0.0937 e. The number of aromatic nitrogens is 2. The highest BCUT2D eigenvalue weighted by molar-refractivity contribution is 5.83. The van der Waals surface area contributed by atoms with Gasteiger partial charge in [-0.05, 0) is 66.6 Å². The van der Waals surface area contributed by atoms with Crippen LogP contribution in [0.3, 0.4) is 0 Å². The van der Waals surface area contributed by atoms with Gasteiger partial charge in [0, 0.05) is 29.3 Å². The molecule has 0 spiro atoms. The molecular formula is C27H26N4. The van der Waals surface area contributed by atoms with E-state index in [0.717, 1.165) is 61.7 Å². The van der Waals surface area contributed by atoms with Crippen molar-refractivity contribution in [3.63, 3.8) is 0 Å². The molecule has 5 rings (SSSR count). The number of hydrogen-bond donors (Lipinski definition) is 2. The van der Waals surface area contributed by atoms with Crippen LogP contribution in [0.25, 0.3) is 11.3 Å². The summed E-state index contributed by atoms with van der Waals surface area (Å²) >= 11 is 0. The molecule has 0 saturated heterocycles. The standard InChI is InChI=1S/C27H26N4/c1-15-11-19(12-16(2)23(15)28)27(20-13-17(3)24(29)18(4)14-20)22-8-6-5-7-21(22)25-26(27)31-10-9-30-25/h5-14H,28-29H2,1-4H3. The average Bonchev–Trinajstić information content (AvgIpc) is 3.06. The van der Waals surface area contributed by atoms with Gasteiger partial charge in [0.25, 0.3) is 0 Å². The summed E-state index contributed by atoms with van der Waals surface area (Å²) < 4.78 is 0. The van der Waals surface area contributed by atoms with Gasteiger partial charge in [0.05, 0.1) is 16.8 Å². The van der Waals surface area contributed by atoms with Crippen molar-refractivity contribution in [2.24, 2.45) is 0 Å². The number of nitrogens with zero attached hydrogens (tertiary/aromatic N) is 2. The number of anilines is 2. The van der Waals surface area contributed by atoms with Gasteiger partial charge in [0.1, 0.15) is 0 Å². The minimum absolute atomic E-state index is 0.591. The predicted molar refractivity (Wildman–Crippen MR) is 127 cm³/mol. The molecule has 0 saturated carbocycles. The molecule has 4 N–H and O–H groups in total. The van der Waals surface area contributed by atoms with Crippen LogP contribution in [0, 0.1) is 27.7 Å². The van der Waals surface area contributed by atoms with E-state index in [9.17, 15) is 0 Å². The molecule has 154 valence electrons. The fraction of sp³-hybridized carbons (Fsp3) is 0.185. The number of nitrogen functional groups attached to an aromatic ring is 2. The Hall–Kier alpha value is -3.66. The first-order valence-electron chi connectivity index (χ1n) is 10.5. The Morgan fingerprint density at radius 3 is 1.71 bits per heavy atom. The van der Waals surface area contributed by atoms with E-state index in [1.54, 1.807) is 12.4 Å². The van der Waals surface area contributed by atoms with Gasteiger partial charge in [0.15, 0.2) is 0 Å². The summed E-state index contributed by atoms with van der Waals surface area (Å²) in [5, 5.41) is 0. The molecule has 0 radical (unpaired) electrons. The Morgan fingerprint density at radius 2 is 1.16 bits per heavy atom. The van der Waals surface area contributed by atoms with E-state index in [1.165, 1.54) is 5.56 Å². The SMILES string of the molecule is Cc1cc(C2(c3cc(C)c(N)c(C)c3)c3ccccc3-c3nccnc32)cc(C)c1N. The van der Waals surface area contributed by atoms with Crippen molar-refractivity contribution in [2.45, 2.75) is 33.1 Å². The summed E-state index contributed by atoms with van der Waals surface area (Å²) in [6.07, 6.45) is 3.55. The highest BCUT2D eigenvalue weighted by Crippen LogP contribution is 2.55. The van der Waals surface area contributed by atoms with Gasteiger partial charge >= 0.3 is 0 Å². The van der Waals surface area contributed by atoms with Gasteiger partial charge in [-0.1, -0.05) is 48.5 Å². The summed E-state index contributed by atoms with van der Waals surface area (Å²) in [7, 11) is 0. The molecule has 1 aliphatic rings.